The number of hydrogen-bond donors (Lipinski definition) is 3. The van der Waals surface area contributed by atoms with Gasteiger partial charge in [0, 0.05) is 23.5 Å². The number of rotatable bonds is 6. The van der Waals surface area contributed by atoms with Crippen molar-refractivity contribution >= 4 is 23.4 Å². The highest BCUT2D eigenvalue weighted by molar-refractivity contribution is 6.05. The number of nitrogens with two attached hydrogens (primary N) is 1. The number of amides is 2. The summed E-state index contributed by atoms with van der Waals surface area (Å²) in [5.74, 6) is -0.274. The van der Waals surface area contributed by atoms with Gasteiger partial charge < -0.3 is 15.8 Å². The molecule has 0 aromatic heterocycles. The van der Waals surface area contributed by atoms with E-state index in [1.54, 1.807) is 24.3 Å². The van der Waals surface area contributed by atoms with Gasteiger partial charge in [0.05, 0.1) is 0 Å². The van der Waals surface area contributed by atoms with Crippen LogP contribution in [0.25, 0.3) is 0 Å². The molecule has 148 valence electrons. The zero-order valence-corrected chi connectivity index (χ0v) is 16.1. The highest BCUT2D eigenvalue weighted by Crippen LogP contribution is 2.18. The summed E-state index contributed by atoms with van der Waals surface area (Å²) in [6.07, 6.45) is -0.582. The fraction of sp³-hybridized carbons (Fsp3) is 0.130. The Kier molecular flexibility index (Phi) is 6.60. The second-order valence-corrected chi connectivity index (χ2v) is 6.63. The van der Waals surface area contributed by atoms with Gasteiger partial charge in [0.25, 0.3) is 5.91 Å². The zero-order valence-electron chi connectivity index (χ0n) is 16.1. The van der Waals surface area contributed by atoms with Crippen LogP contribution in [0, 0.1) is 6.92 Å². The summed E-state index contributed by atoms with van der Waals surface area (Å²) in [5, 5.41) is 5.52. The molecule has 0 saturated carbocycles. The normalized spacial score (nSPS) is 10.3. The van der Waals surface area contributed by atoms with Crippen LogP contribution in [0.1, 0.15) is 27.0 Å². The van der Waals surface area contributed by atoms with E-state index in [0.717, 1.165) is 16.7 Å². The quantitative estimate of drug-likeness (QED) is 0.580. The molecule has 0 radical (unpaired) electrons. The van der Waals surface area contributed by atoms with Gasteiger partial charge in [0.15, 0.2) is 0 Å². The van der Waals surface area contributed by atoms with Crippen LogP contribution in [0.2, 0.25) is 0 Å². The van der Waals surface area contributed by atoms with Crippen molar-refractivity contribution in [2.45, 2.75) is 20.1 Å². The number of hydrogen-bond acceptors (Lipinski definition) is 4. The summed E-state index contributed by atoms with van der Waals surface area (Å²) in [5.41, 5.74) is 9.89. The third-order valence-corrected chi connectivity index (χ3v) is 4.22. The van der Waals surface area contributed by atoms with E-state index in [-0.39, 0.29) is 12.5 Å². The molecule has 0 fully saturated rings. The molecule has 0 spiro atoms. The second kappa shape index (κ2) is 9.52. The molecular formula is C23H23N3O3. The van der Waals surface area contributed by atoms with E-state index in [9.17, 15) is 9.59 Å². The van der Waals surface area contributed by atoms with E-state index in [0.29, 0.717) is 23.5 Å². The third-order valence-electron chi connectivity index (χ3n) is 4.22. The number of benzene rings is 3. The number of ether oxygens (including phenoxy) is 1. The van der Waals surface area contributed by atoms with Crippen LogP contribution >= 0.6 is 0 Å². The molecule has 0 saturated heterocycles. The number of carbonyl (C=O) groups is 2. The van der Waals surface area contributed by atoms with Crippen LogP contribution in [0.5, 0.6) is 0 Å². The topological polar surface area (TPSA) is 93.4 Å². The summed E-state index contributed by atoms with van der Waals surface area (Å²) in [4.78, 5) is 24.7. The second-order valence-electron chi connectivity index (χ2n) is 6.63. The predicted molar refractivity (Wildman–Crippen MR) is 114 cm³/mol. The van der Waals surface area contributed by atoms with E-state index < -0.39 is 6.09 Å². The summed E-state index contributed by atoms with van der Waals surface area (Å²) in [6, 6.07) is 21.9. The SMILES string of the molecule is Cc1cc(NC(=O)OCc2ccccc2)cc(C(=O)Nc2cccc(CN)c2)c1. The maximum absolute atomic E-state index is 12.6. The molecular weight excluding hydrogens is 366 g/mol. The van der Waals surface area contributed by atoms with Gasteiger partial charge in [-0.25, -0.2) is 4.79 Å². The van der Waals surface area contributed by atoms with Crippen molar-refractivity contribution in [3.05, 3.63) is 95.1 Å². The van der Waals surface area contributed by atoms with Crippen LogP contribution < -0.4 is 16.4 Å². The molecule has 3 aromatic rings. The standard InChI is InChI=1S/C23H23N3O3/c1-16-10-19(22(27)25-20-9-5-8-18(12-20)14-24)13-21(11-16)26-23(28)29-15-17-6-3-2-4-7-17/h2-13H,14-15,24H2,1H3,(H,25,27)(H,26,28). The molecule has 3 rings (SSSR count). The molecule has 0 aliphatic heterocycles. The minimum Gasteiger partial charge on any atom is -0.444 e. The Bertz CT molecular complexity index is 1000. The van der Waals surface area contributed by atoms with Crippen molar-refractivity contribution in [3.8, 4) is 0 Å². The first kappa shape index (κ1) is 20.1. The van der Waals surface area contributed by atoms with Crippen LogP contribution in [0.4, 0.5) is 16.2 Å². The summed E-state index contributed by atoms with van der Waals surface area (Å²) >= 11 is 0. The predicted octanol–water partition coefficient (Wildman–Crippen LogP) is 4.45. The van der Waals surface area contributed by atoms with Crippen LogP contribution in [0.15, 0.2) is 72.8 Å². The van der Waals surface area contributed by atoms with Gasteiger partial charge in [-0.15, -0.1) is 0 Å². The molecule has 2 amide bonds. The van der Waals surface area contributed by atoms with Crippen molar-refractivity contribution in [2.75, 3.05) is 10.6 Å². The lowest BCUT2D eigenvalue weighted by atomic mass is 10.1. The Morgan fingerprint density at radius 3 is 2.38 bits per heavy atom. The molecule has 6 heteroatoms. The smallest absolute Gasteiger partial charge is 0.411 e. The maximum atomic E-state index is 12.6. The number of aryl methyl sites for hydroxylation is 1. The van der Waals surface area contributed by atoms with E-state index >= 15 is 0 Å². The molecule has 3 aromatic carbocycles. The molecule has 0 heterocycles. The van der Waals surface area contributed by atoms with Gasteiger partial charge in [-0.2, -0.15) is 0 Å². The molecule has 0 unspecified atom stereocenters. The van der Waals surface area contributed by atoms with Crippen molar-refractivity contribution in [2.24, 2.45) is 5.73 Å². The monoisotopic (exact) mass is 389 g/mol. The van der Waals surface area contributed by atoms with Gasteiger partial charge >= 0.3 is 6.09 Å². The molecule has 29 heavy (non-hydrogen) atoms. The first-order chi connectivity index (χ1) is 14.0. The molecule has 6 nitrogen and oxygen atoms in total. The summed E-state index contributed by atoms with van der Waals surface area (Å²) in [6.45, 7) is 2.42. The summed E-state index contributed by atoms with van der Waals surface area (Å²) < 4.78 is 5.23. The third kappa shape index (κ3) is 5.92. The Morgan fingerprint density at radius 2 is 1.62 bits per heavy atom. The minimum atomic E-state index is -0.582. The number of nitrogens with one attached hydrogen (secondary N) is 2. The van der Waals surface area contributed by atoms with Crippen molar-refractivity contribution in [1.29, 1.82) is 0 Å². The molecule has 0 atom stereocenters. The minimum absolute atomic E-state index is 0.170. The van der Waals surface area contributed by atoms with Crippen molar-refractivity contribution in [1.82, 2.24) is 0 Å². The molecule has 4 N–H and O–H groups in total. The van der Waals surface area contributed by atoms with E-state index in [1.165, 1.54) is 0 Å². The average molecular weight is 389 g/mol. The first-order valence-electron chi connectivity index (χ1n) is 9.23. The van der Waals surface area contributed by atoms with E-state index in [2.05, 4.69) is 10.6 Å². The lowest BCUT2D eigenvalue weighted by molar-refractivity contribution is 0.102. The van der Waals surface area contributed by atoms with Gasteiger partial charge in [0.2, 0.25) is 0 Å². The molecule has 0 aliphatic carbocycles. The van der Waals surface area contributed by atoms with E-state index in [1.807, 2.05) is 55.5 Å². The highest BCUT2D eigenvalue weighted by atomic mass is 16.5. The van der Waals surface area contributed by atoms with Crippen molar-refractivity contribution < 1.29 is 14.3 Å². The maximum Gasteiger partial charge on any atom is 0.411 e. The molecule has 0 aliphatic rings. The fourth-order valence-electron chi connectivity index (χ4n) is 2.84. The Morgan fingerprint density at radius 1 is 0.862 bits per heavy atom. The van der Waals surface area contributed by atoms with Gasteiger partial charge in [0.1, 0.15) is 6.61 Å². The van der Waals surface area contributed by atoms with Crippen LogP contribution in [0.3, 0.4) is 0 Å². The largest absolute Gasteiger partial charge is 0.444 e. The van der Waals surface area contributed by atoms with Crippen molar-refractivity contribution in [3.63, 3.8) is 0 Å². The molecule has 0 bridgehead atoms. The number of carbonyl (C=O) groups excluding carboxylic acids is 2. The van der Waals surface area contributed by atoms with Crippen LogP contribution in [-0.2, 0) is 17.9 Å². The van der Waals surface area contributed by atoms with Gasteiger partial charge in [-0.05, 0) is 53.9 Å². The first-order valence-corrected chi connectivity index (χ1v) is 9.23. The van der Waals surface area contributed by atoms with E-state index in [4.69, 9.17) is 10.5 Å². The summed E-state index contributed by atoms with van der Waals surface area (Å²) in [7, 11) is 0. The highest BCUT2D eigenvalue weighted by Gasteiger charge is 2.11. The van der Waals surface area contributed by atoms with Crippen LogP contribution in [-0.4, -0.2) is 12.0 Å². The fourth-order valence-corrected chi connectivity index (χ4v) is 2.84. The van der Waals surface area contributed by atoms with Gasteiger partial charge in [-0.1, -0.05) is 42.5 Å². The lowest BCUT2D eigenvalue weighted by Crippen LogP contribution is -2.16. The zero-order chi connectivity index (χ0) is 20.6. The Balaban J connectivity index is 1.65. The average Bonchev–Trinajstić information content (AvgIpc) is 2.72. The Labute approximate surface area is 169 Å². The van der Waals surface area contributed by atoms with Gasteiger partial charge in [-0.3, -0.25) is 10.1 Å². The Hall–Kier alpha value is -3.64. The lowest BCUT2D eigenvalue weighted by Gasteiger charge is -2.11. The number of anilines is 2.